The average molecular weight is 318 g/mol. The number of nitrogens with zero attached hydrogens (tertiary/aromatic N) is 4. The Hall–Kier alpha value is -3.21. The first-order chi connectivity index (χ1) is 11.6. The predicted molar refractivity (Wildman–Crippen MR) is 95.5 cm³/mol. The molecule has 0 unspecified atom stereocenters. The lowest BCUT2D eigenvalue weighted by atomic mass is 10.1. The van der Waals surface area contributed by atoms with E-state index in [-0.39, 0.29) is 5.78 Å². The summed E-state index contributed by atoms with van der Waals surface area (Å²) >= 11 is 0. The highest BCUT2D eigenvalue weighted by Gasteiger charge is 2.03. The zero-order valence-electron chi connectivity index (χ0n) is 13.6. The Morgan fingerprint density at radius 2 is 1.75 bits per heavy atom. The van der Waals surface area contributed by atoms with Crippen LogP contribution in [-0.2, 0) is 0 Å². The molecule has 0 atom stereocenters. The first kappa shape index (κ1) is 15.7. The highest BCUT2D eigenvalue weighted by Crippen LogP contribution is 2.14. The Labute approximate surface area is 140 Å². The summed E-state index contributed by atoms with van der Waals surface area (Å²) in [6.45, 7) is 0. The SMILES string of the molecule is CN(C)c1ccc(C(=O)C=Cc2ccc(-n3cncn3)cc2)cc1. The van der Waals surface area contributed by atoms with Gasteiger partial charge in [0.2, 0.25) is 0 Å². The molecular formula is C19H18N4O. The van der Waals surface area contributed by atoms with E-state index in [0.717, 1.165) is 16.9 Å². The lowest BCUT2D eigenvalue weighted by Gasteiger charge is -2.11. The molecule has 5 nitrogen and oxygen atoms in total. The fourth-order valence-electron chi connectivity index (χ4n) is 2.27. The van der Waals surface area contributed by atoms with E-state index in [1.807, 2.05) is 73.6 Å². The molecule has 0 aliphatic rings. The summed E-state index contributed by atoms with van der Waals surface area (Å²) in [7, 11) is 3.94. The Balaban J connectivity index is 1.69. The van der Waals surface area contributed by atoms with E-state index >= 15 is 0 Å². The van der Waals surface area contributed by atoms with Crippen molar-refractivity contribution in [2.24, 2.45) is 0 Å². The van der Waals surface area contributed by atoms with Crippen LogP contribution in [0.5, 0.6) is 0 Å². The van der Waals surface area contributed by atoms with Gasteiger partial charge >= 0.3 is 0 Å². The number of anilines is 1. The maximum Gasteiger partial charge on any atom is 0.185 e. The highest BCUT2D eigenvalue weighted by atomic mass is 16.1. The molecule has 0 fully saturated rings. The third-order valence-corrected chi connectivity index (χ3v) is 3.67. The molecule has 3 aromatic rings. The summed E-state index contributed by atoms with van der Waals surface area (Å²) in [5.74, 6) is -0.0133. The summed E-state index contributed by atoms with van der Waals surface area (Å²) < 4.78 is 1.69. The standard InChI is InChI=1S/C19H18N4O/c1-22(2)17-10-6-16(7-11-17)19(24)12-5-15-3-8-18(9-4-15)23-14-20-13-21-23/h3-14H,1-2H3. The summed E-state index contributed by atoms with van der Waals surface area (Å²) in [5, 5.41) is 4.08. The minimum Gasteiger partial charge on any atom is -0.378 e. The minimum absolute atomic E-state index is 0.0133. The lowest BCUT2D eigenvalue weighted by Crippen LogP contribution is -2.08. The van der Waals surface area contributed by atoms with Gasteiger partial charge in [0, 0.05) is 25.3 Å². The van der Waals surface area contributed by atoms with Crippen molar-refractivity contribution in [2.45, 2.75) is 0 Å². The molecule has 120 valence electrons. The van der Waals surface area contributed by atoms with E-state index in [9.17, 15) is 4.79 Å². The molecule has 0 bridgehead atoms. The van der Waals surface area contributed by atoms with Crippen molar-refractivity contribution in [1.82, 2.24) is 14.8 Å². The van der Waals surface area contributed by atoms with Crippen molar-refractivity contribution in [3.8, 4) is 5.69 Å². The van der Waals surface area contributed by atoms with Gasteiger partial charge in [-0.25, -0.2) is 9.67 Å². The second kappa shape index (κ2) is 6.91. The van der Waals surface area contributed by atoms with Gasteiger partial charge in [0.15, 0.2) is 5.78 Å². The number of ketones is 1. The van der Waals surface area contributed by atoms with E-state index in [4.69, 9.17) is 0 Å². The van der Waals surface area contributed by atoms with E-state index in [1.165, 1.54) is 6.33 Å². The van der Waals surface area contributed by atoms with Crippen LogP contribution >= 0.6 is 0 Å². The molecule has 2 aromatic carbocycles. The molecule has 1 heterocycles. The molecule has 24 heavy (non-hydrogen) atoms. The number of hydrogen-bond donors (Lipinski definition) is 0. The summed E-state index contributed by atoms with van der Waals surface area (Å²) in [6.07, 6.45) is 6.54. The van der Waals surface area contributed by atoms with Crippen molar-refractivity contribution in [3.05, 3.63) is 78.4 Å². The molecule has 0 saturated carbocycles. The fraction of sp³-hybridized carbons (Fsp3) is 0.105. The Bertz CT molecular complexity index is 832. The summed E-state index contributed by atoms with van der Waals surface area (Å²) in [4.78, 5) is 18.2. The van der Waals surface area contributed by atoms with E-state index in [0.29, 0.717) is 5.56 Å². The van der Waals surface area contributed by atoms with Crippen LogP contribution in [0.3, 0.4) is 0 Å². The number of carbonyl (C=O) groups is 1. The first-order valence-electron chi connectivity index (χ1n) is 7.58. The van der Waals surface area contributed by atoms with Crippen molar-refractivity contribution in [3.63, 3.8) is 0 Å². The average Bonchev–Trinajstić information content (AvgIpc) is 3.15. The molecule has 0 N–H and O–H groups in total. The zero-order valence-corrected chi connectivity index (χ0v) is 13.6. The van der Waals surface area contributed by atoms with Crippen molar-refractivity contribution in [2.75, 3.05) is 19.0 Å². The van der Waals surface area contributed by atoms with Gasteiger partial charge in [0.25, 0.3) is 0 Å². The number of allylic oxidation sites excluding steroid dienone is 1. The topological polar surface area (TPSA) is 51.0 Å². The van der Waals surface area contributed by atoms with Gasteiger partial charge in [0.1, 0.15) is 12.7 Å². The largest absolute Gasteiger partial charge is 0.378 e. The Morgan fingerprint density at radius 1 is 1.04 bits per heavy atom. The quantitative estimate of drug-likeness (QED) is 0.535. The van der Waals surface area contributed by atoms with Crippen LogP contribution < -0.4 is 4.90 Å². The van der Waals surface area contributed by atoms with Crippen LogP contribution in [0.1, 0.15) is 15.9 Å². The molecular weight excluding hydrogens is 300 g/mol. The van der Waals surface area contributed by atoms with Crippen molar-refractivity contribution >= 4 is 17.5 Å². The van der Waals surface area contributed by atoms with Gasteiger partial charge in [-0.2, -0.15) is 5.10 Å². The lowest BCUT2D eigenvalue weighted by molar-refractivity contribution is 0.104. The minimum atomic E-state index is -0.0133. The number of rotatable bonds is 5. The number of benzene rings is 2. The maximum absolute atomic E-state index is 12.2. The van der Waals surface area contributed by atoms with Gasteiger partial charge in [-0.15, -0.1) is 0 Å². The van der Waals surface area contributed by atoms with E-state index < -0.39 is 0 Å². The fourth-order valence-corrected chi connectivity index (χ4v) is 2.27. The molecule has 0 saturated heterocycles. The molecule has 0 radical (unpaired) electrons. The van der Waals surface area contributed by atoms with Gasteiger partial charge in [-0.05, 0) is 48.0 Å². The maximum atomic E-state index is 12.2. The van der Waals surface area contributed by atoms with Gasteiger partial charge < -0.3 is 4.90 Å². The van der Waals surface area contributed by atoms with E-state index in [2.05, 4.69) is 10.1 Å². The van der Waals surface area contributed by atoms with Crippen LogP contribution in [0.2, 0.25) is 0 Å². The normalized spacial score (nSPS) is 10.9. The Morgan fingerprint density at radius 3 is 2.33 bits per heavy atom. The van der Waals surface area contributed by atoms with Gasteiger partial charge in [0.05, 0.1) is 5.69 Å². The van der Waals surface area contributed by atoms with Crippen LogP contribution in [0.4, 0.5) is 5.69 Å². The molecule has 3 rings (SSSR count). The zero-order chi connectivity index (χ0) is 16.9. The molecule has 1 aromatic heterocycles. The third kappa shape index (κ3) is 3.57. The number of aromatic nitrogens is 3. The predicted octanol–water partition coefficient (Wildman–Crippen LogP) is 3.23. The van der Waals surface area contributed by atoms with Crippen molar-refractivity contribution < 1.29 is 4.79 Å². The van der Waals surface area contributed by atoms with Crippen molar-refractivity contribution in [1.29, 1.82) is 0 Å². The molecule has 5 heteroatoms. The molecule has 0 spiro atoms. The van der Waals surface area contributed by atoms with Crippen LogP contribution in [0, 0.1) is 0 Å². The van der Waals surface area contributed by atoms with E-state index in [1.54, 1.807) is 17.1 Å². The van der Waals surface area contributed by atoms with Crippen LogP contribution in [0.15, 0.2) is 67.3 Å². The highest BCUT2D eigenvalue weighted by molar-refractivity contribution is 6.06. The second-order valence-electron chi connectivity index (χ2n) is 5.57. The number of hydrogen-bond acceptors (Lipinski definition) is 4. The smallest absolute Gasteiger partial charge is 0.185 e. The third-order valence-electron chi connectivity index (χ3n) is 3.67. The monoisotopic (exact) mass is 318 g/mol. The summed E-state index contributed by atoms with van der Waals surface area (Å²) in [5.41, 5.74) is 3.63. The molecule has 0 amide bonds. The van der Waals surface area contributed by atoms with Gasteiger partial charge in [-0.3, -0.25) is 4.79 Å². The van der Waals surface area contributed by atoms with Crippen LogP contribution in [0.25, 0.3) is 11.8 Å². The summed E-state index contributed by atoms with van der Waals surface area (Å²) in [6, 6.07) is 15.3. The Kier molecular flexibility index (Phi) is 4.52. The van der Waals surface area contributed by atoms with Gasteiger partial charge in [-0.1, -0.05) is 18.2 Å². The second-order valence-corrected chi connectivity index (χ2v) is 5.57. The molecule has 0 aliphatic heterocycles. The molecule has 0 aliphatic carbocycles. The van der Waals surface area contributed by atoms with Crippen LogP contribution in [-0.4, -0.2) is 34.6 Å². The first-order valence-corrected chi connectivity index (χ1v) is 7.58. The number of carbonyl (C=O) groups excluding carboxylic acids is 1.